The molecule has 0 fully saturated rings. The van der Waals surface area contributed by atoms with Crippen molar-refractivity contribution in [1.82, 2.24) is 19.8 Å². The van der Waals surface area contributed by atoms with Crippen LogP contribution in [0.25, 0.3) is 15.5 Å². The van der Waals surface area contributed by atoms with E-state index in [2.05, 4.69) is 20.6 Å². The standard InChI is InChI=1S/C19H15N5O3S/c1-11-21-22-19-24(11)23-18(28-19)12-5-4-6-13(9-12)20-17(25)16-10-26-14-7-2-3-8-15(14)27-16/h2-9,16H,10H2,1H3,(H,20,25)/t16-/m0/s1. The molecule has 1 atom stereocenters. The molecule has 1 aliphatic rings. The highest BCUT2D eigenvalue weighted by atomic mass is 32.1. The Morgan fingerprint density at radius 3 is 2.89 bits per heavy atom. The average molecular weight is 393 g/mol. The monoisotopic (exact) mass is 393 g/mol. The van der Waals surface area contributed by atoms with E-state index in [0.29, 0.717) is 17.2 Å². The first-order valence-electron chi connectivity index (χ1n) is 8.66. The zero-order chi connectivity index (χ0) is 19.1. The van der Waals surface area contributed by atoms with Crippen LogP contribution in [0.5, 0.6) is 11.5 Å². The van der Waals surface area contributed by atoms with E-state index in [1.807, 2.05) is 49.4 Å². The van der Waals surface area contributed by atoms with Crippen LogP contribution in [0.4, 0.5) is 5.69 Å². The summed E-state index contributed by atoms with van der Waals surface area (Å²) in [5.41, 5.74) is 1.55. The van der Waals surface area contributed by atoms with E-state index in [4.69, 9.17) is 9.47 Å². The largest absolute Gasteiger partial charge is 0.485 e. The predicted molar refractivity (Wildman–Crippen MR) is 104 cm³/mol. The smallest absolute Gasteiger partial charge is 0.269 e. The highest BCUT2D eigenvalue weighted by Gasteiger charge is 2.27. The molecule has 0 aliphatic carbocycles. The number of rotatable bonds is 3. The molecule has 1 aliphatic heterocycles. The van der Waals surface area contributed by atoms with Crippen LogP contribution < -0.4 is 14.8 Å². The number of para-hydroxylation sites is 2. The number of nitrogens with zero attached hydrogens (tertiary/aromatic N) is 4. The van der Waals surface area contributed by atoms with Gasteiger partial charge in [-0.25, -0.2) is 0 Å². The second-order valence-corrected chi connectivity index (χ2v) is 7.24. The molecule has 0 unspecified atom stereocenters. The molecule has 2 aromatic heterocycles. The van der Waals surface area contributed by atoms with Crippen LogP contribution >= 0.6 is 11.3 Å². The van der Waals surface area contributed by atoms with Crippen molar-refractivity contribution in [2.45, 2.75) is 13.0 Å². The lowest BCUT2D eigenvalue weighted by molar-refractivity contribution is -0.125. The summed E-state index contributed by atoms with van der Waals surface area (Å²) in [7, 11) is 0. The van der Waals surface area contributed by atoms with Gasteiger partial charge in [-0.1, -0.05) is 35.6 Å². The quantitative estimate of drug-likeness (QED) is 0.576. The van der Waals surface area contributed by atoms with E-state index in [-0.39, 0.29) is 12.5 Å². The molecule has 0 saturated carbocycles. The Bertz CT molecular complexity index is 1190. The van der Waals surface area contributed by atoms with Gasteiger partial charge in [0.05, 0.1) is 0 Å². The Hall–Kier alpha value is -3.46. The van der Waals surface area contributed by atoms with Crippen molar-refractivity contribution in [2.24, 2.45) is 0 Å². The van der Waals surface area contributed by atoms with Crippen LogP contribution in [0.2, 0.25) is 0 Å². The molecule has 28 heavy (non-hydrogen) atoms. The summed E-state index contributed by atoms with van der Waals surface area (Å²) in [5.74, 6) is 1.68. The van der Waals surface area contributed by atoms with Gasteiger partial charge in [0.15, 0.2) is 17.3 Å². The molecule has 0 saturated heterocycles. The Kier molecular flexibility index (Phi) is 3.94. The zero-order valence-corrected chi connectivity index (χ0v) is 15.6. The Morgan fingerprint density at radius 2 is 2.04 bits per heavy atom. The molecule has 0 bridgehead atoms. The maximum Gasteiger partial charge on any atom is 0.269 e. The third kappa shape index (κ3) is 2.95. The van der Waals surface area contributed by atoms with Gasteiger partial charge in [0.25, 0.3) is 5.91 Å². The van der Waals surface area contributed by atoms with Crippen molar-refractivity contribution in [2.75, 3.05) is 11.9 Å². The van der Waals surface area contributed by atoms with Crippen LogP contribution in [0.1, 0.15) is 5.82 Å². The van der Waals surface area contributed by atoms with Gasteiger partial charge in [0.2, 0.25) is 11.1 Å². The second-order valence-electron chi connectivity index (χ2n) is 6.28. The maximum atomic E-state index is 12.6. The number of fused-ring (bicyclic) bond motifs is 2. The fourth-order valence-corrected chi connectivity index (χ4v) is 3.81. The molecule has 140 valence electrons. The summed E-state index contributed by atoms with van der Waals surface area (Å²) in [6.07, 6.45) is -0.713. The zero-order valence-electron chi connectivity index (χ0n) is 14.8. The van der Waals surface area contributed by atoms with Crippen molar-refractivity contribution in [3.8, 4) is 22.1 Å². The Morgan fingerprint density at radius 1 is 1.18 bits per heavy atom. The molecule has 5 rings (SSSR count). The number of aromatic nitrogens is 4. The lowest BCUT2D eigenvalue weighted by Gasteiger charge is -2.25. The minimum absolute atomic E-state index is 0.165. The summed E-state index contributed by atoms with van der Waals surface area (Å²) in [6, 6.07) is 14.8. The van der Waals surface area contributed by atoms with Crippen molar-refractivity contribution in [3.63, 3.8) is 0 Å². The van der Waals surface area contributed by atoms with E-state index in [1.165, 1.54) is 11.3 Å². The Balaban J connectivity index is 1.34. The van der Waals surface area contributed by atoms with E-state index in [0.717, 1.165) is 21.4 Å². The molecule has 9 heteroatoms. The van der Waals surface area contributed by atoms with Crippen LogP contribution in [0, 0.1) is 6.92 Å². The molecule has 0 spiro atoms. The van der Waals surface area contributed by atoms with E-state index >= 15 is 0 Å². The molecular formula is C19H15N5O3S. The van der Waals surface area contributed by atoms with Gasteiger partial charge >= 0.3 is 0 Å². The van der Waals surface area contributed by atoms with E-state index in [1.54, 1.807) is 10.6 Å². The van der Waals surface area contributed by atoms with Gasteiger partial charge in [0, 0.05) is 11.3 Å². The third-order valence-electron chi connectivity index (χ3n) is 4.32. The van der Waals surface area contributed by atoms with Crippen LogP contribution in [0.15, 0.2) is 48.5 Å². The third-order valence-corrected chi connectivity index (χ3v) is 5.27. The van der Waals surface area contributed by atoms with Crippen LogP contribution in [0.3, 0.4) is 0 Å². The van der Waals surface area contributed by atoms with Gasteiger partial charge in [-0.3, -0.25) is 4.79 Å². The molecule has 1 amide bonds. The van der Waals surface area contributed by atoms with Gasteiger partial charge in [-0.05, 0) is 31.2 Å². The van der Waals surface area contributed by atoms with Gasteiger partial charge in [-0.15, -0.1) is 10.2 Å². The van der Waals surface area contributed by atoms with E-state index < -0.39 is 6.10 Å². The second kappa shape index (κ2) is 6.61. The number of carbonyl (C=O) groups excluding carboxylic acids is 1. The minimum Gasteiger partial charge on any atom is -0.485 e. The highest BCUT2D eigenvalue weighted by molar-refractivity contribution is 7.19. The number of benzene rings is 2. The number of amides is 1. The molecule has 8 nitrogen and oxygen atoms in total. The number of aryl methyl sites for hydroxylation is 1. The van der Waals surface area contributed by atoms with Crippen molar-refractivity contribution < 1.29 is 14.3 Å². The lowest BCUT2D eigenvalue weighted by Crippen LogP contribution is -2.40. The van der Waals surface area contributed by atoms with Crippen LogP contribution in [-0.4, -0.2) is 38.4 Å². The van der Waals surface area contributed by atoms with Crippen molar-refractivity contribution in [3.05, 3.63) is 54.4 Å². The summed E-state index contributed by atoms with van der Waals surface area (Å²) in [4.78, 5) is 13.3. The van der Waals surface area contributed by atoms with Gasteiger partial charge < -0.3 is 14.8 Å². The first-order valence-corrected chi connectivity index (χ1v) is 9.48. The van der Waals surface area contributed by atoms with Crippen molar-refractivity contribution >= 4 is 27.9 Å². The normalized spacial score (nSPS) is 15.5. The molecule has 1 N–H and O–H groups in total. The maximum absolute atomic E-state index is 12.6. The number of hydrogen-bond acceptors (Lipinski definition) is 7. The van der Waals surface area contributed by atoms with E-state index in [9.17, 15) is 4.79 Å². The number of nitrogens with one attached hydrogen (secondary N) is 1. The fraction of sp³-hybridized carbons (Fsp3) is 0.158. The first kappa shape index (κ1) is 16.7. The van der Waals surface area contributed by atoms with Crippen molar-refractivity contribution in [1.29, 1.82) is 0 Å². The lowest BCUT2D eigenvalue weighted by atomic mass is 10.2. The first-order chi connectivity index (χ1) is 13.7. The minimum atomic E-state index is -0.713. The SMILES string of the molecule is Cc1nnc2sc(-c3cccc(NC(=O)[C@@H]4COc5ccccc5O4)c3)nn12. The molecule has 0 radical (unpaired) electrons. The van der Waals surface area contributed by atoms with Gasteiger partial charge in [0.1, 0.15) is 11.6 Å². The highest BCUT2D eigenvalue weighted by Crippen LogP contribution is 2.31. The predicted octanol–water partition coefficient (Wildman–Crippen LogP) is 2.94. The summed E-state index contributed by atoms with van der Waals surface area (Å²) in [5, 5.41) is 16.3. The fourth-order valence-electron chi connectivity index (χ4n) is 2.93. The van der Waals surface area contributed by atoms with Gasteiger partial charge in [-0.2, -0.15) is 9.61 Å². The number of hydrogen-bond donors (Lipinski definition) is 1. The average Bonchev–Trinajstić information content (AvgIpc) is 3.30. The number of ether oxygens (including phenoxy) is 2. The topological polar surface area (TPSA) is 90.6 Å². The molecule has 4 aromatic rings. The van der Waals surface area contributed by atoms with Crippen LogP contribution in [-0.2, 0) is 4.79 Å². The Labute approximate surface area is 163 Å². The number of anilines is 1. The number of carbonyl (C=O) groups is 1. The summed E-state index contributed by atoms with van der Waals surface area (Å²) < 4.78 is 13.1. The molecule has 2 aromatic carbocycles. The summed E-state index contributed by atoms with van der Waals surface area (Å²) >= 11 is 1.44. The molecular weight excluding hydrogens is 378 g/mol. The summed E-state index contributed by atoms with van der Waals surface area (Å²) in [6.45, 7) is 2.02. The molecule has 3 heterocycles.